The van der Waals surface area contributed by atoms with Crippen LogP contribution >= 0.6 is 0 Å². The molecule has 6 nitrogen and oxygen atoms in total. The highest BCUT2D eigenvalue weighted by Crippen LogP contribution is 2.50. The first-order chi connectivity index (χ1) is 12.0. The molecule has 0 aromatic carbocycles. The minimum atomic E-state index is 0.485. The Kier molecular flexibility index (Phi) is 4.15. The van der Waals surface area contributed by atoms with Gasteiger partial charge in [-0.05, 0) is 45.1 Å². The zero-order chi connectivity index (χ0) is 17.4. The third-order valence-corrected chi connectivity index (χ3v) is 5.77. The molecular formula is C19H26N6. The van der Waals surface area contributed by atoms with Gasteiger partial charge >= 0.3 is 0 Å². The molecular weight excluding hydrogens is 312 g/mol. The molecule has 2 fully saturated rings. The minimum Gasteiger partial charge on any atom is -0.357 e. The number of aromatic nitrogens is 4. The predicted octanol–water partition coefficient (Wildman–Crippen LogP) is 2.37. The number of rotatable bonds is 4. The normalized spacial score (nSPS) is 26.0. The minimum absolute atomic E-state index is 0.485. The molecule has 0 atom stereocenters. The summed E-state index contributed by atoms with van der Waals surface area (Å²) in [6.45, 7) is 7.25. The Morgan fingerprint density at radius 3 is 2.68 bits per heavy atom. The van der Waals surface area contributed by atoms with Gasteiger partial charge in [0.2, 0.25) is 0 Å². The number of likely N-dealkylation sites (tertiary alicyclic amines) is 1. The number of anilines is 1. The third kappa shape index (κ3) is 3.35. The maximum atomic E-state index is 4.50. The number of nitrogens with zero attached hydrogens (tertiary/aromatic N) is 6. The first-order valence-corrected chi connectivity index (χ1v) is 9.04. The molecule has 4 rings (SSSR count). The topological polar surface area (TPSA) is 58.0 Å². The summed E-state index contributed by atoms with van der Waals surface area (Å²) in [6, 6.07) is 2.66. The van der Waals surface area contributed by atoms with Crippen LogP contribution in [0.4, 0.5) is 5.82 Å². The average Bonchev–Trinajstić information content (AvgIpc) is 2.99. The number of hydrogen-bond donors (Lipinski definition) is 0. The van der Waals surface area contributed by atoms with E-state index in [0.29, 0.717) is 11.5 Å². The van der Waals surface area contributed by atoms with E-state index < -0.39 is 0 Å². The standard InChI is InChI=1S/C19H26N6/c1-14-6-18(23-13-22-14)24(3)17-7-19(8-17)4-5-25(12-19)11-16-10-20-15(2)9-21-16/h6,9-10,13,17H,4-5,7-8,11-12H2,1-3H3. The van der Waals surface area contributed by atoms with Crippen molar-refractivity contribution < 1.29 is 0 Å². The first-order valence-electron chi connectivity index (χ1n) is 9.04. The molecule has 0 bridgehead atoms. The molecule has 1 aliphatic carbocycles. The Hall–Kier alpha value is -2.08. The van der Waals surface area contributed by atoms with Crippen molar-refractivity contribution >= 4 is 5.82 Å². The molecule has 2 aromatic rings. The molecule has 1 saturated heterocycles. The summed E-state index contributed by atoms with van der Waals surface area (Å²) in [5, 5.41) is 0. The van der Waals surface area contributed by atoms with Crippen molar-refractivity contribution in [2.45, 2.75) is 45.7 Å². The van der Waals surface area contributed by atoms with Crippen LogP contribution in [0.2, 0.25) is 0 Å². The van der Waals surface area contributed by atoms with E-state index in [0.717, 1.165) is 29.4 Å². The Morgan fingerprint density at radius 2 is 1.96 bits per heavy atom. The van der Waals surface area contributed by atoms with Crippen LogP contribution < -0.4 is 4.90 Å². The highest BCUT2D eigenvalue weighted by Gasteiger charge is 2.49. The van der Waals surface area contributed by atoms with Crippen LogP contribution in [0, 0.1) is 19.3 Å². The zero-order valence-corrected chi connectivity index (χ0v) is 15.3. The Bertz CT molecular complexity index is 738. The summed E-state index contributed by atoms with van der Waals surface area (Å²) in [5.41, 5.74) is 3.56. The van der Waals surface area contributed by atoms with Crippen LogP contribution in [0.5, 0.6) is 0 Å². The molecule has 25 heavy (non-hydrogen) atoms. The second kappa shape index (κ2) is 6.33. The third-order valence-electron chi connectivity index (χ3n) is 5.77. The fourth-order valence-electron chi connectivity index (χ4n) is 4.26. The summed E-state index contributed by atoms with van der Waals surface area (Å²) in [7, 11) is 2.16. The summed E-state index contributed by atoms with van der Waals surface area (Å²) >= 11 is 0. The van der Waals surface area contributed by atoms with Gasteiger partial charge in [-0.15, -0.1) is 0 Å². The number of hydrogen-bond acceptors (Lipinski definition) is 6. The highest BCUT2D eigenvalue weighted by atomic mass is 15.2. The maximum Gasteiger partial charge on any atom is 0.132 e. The van der Waals surface area contributed by atoms with Crippen molar-refractivity contribution in [3.05, 3.63) is 41.9 Å². The van der Waals surface area contributed by atoms with Gasteiger partial charge in [-0.25, -0.2) is 9.97 Å². The zero-order valence-electron chi connectivity index (χ0n) is 15.3. The SMILES string of the molecule is Cc1cnc(CN2CCC3(CC(N(C)c4cc(C)ncn4)C3)C2)cn1. The lowest BCUT2D eigenvalue weighted by Gasteiger charge is -2.49. The van der Waals surface area contributed by atoms with Crippen LogP contribution in [-0.4, -0.2) is 51.0 Å². The van der Waals surface area contributed by atoms with E-state index in [4.69, 9.17) is 0 Å². The Morgan fingerprint density at radius 1 is 1.12 bits per heavy atom. The predicted molar refractivity (Wildman–Crippen MR) is 97.3 cm³/mol. The van der Waals surface area contributed by atoms with Gasteiger partial charge in [0.15, 0.2) is 0 Å². The summed E-state index contributed by atoms with van der Waals surface area (Å²) in [5.74, 6) is 1.04. The van der Waals surface area contributed by atoms with Gasteiger partial charge in [-0.3, -0.25) is 14.9 Å². The summed E-state index contributed by atoms with van der Waals surface area (Å²) < 4.78 is 0. The van der Waals surface area contributed by atoms with Crippen molar-refractivity contribution in [1.82, 2.24) is 24.8 Å². The molecule has 2 aromatic heterocycles. The molecule has 0 unspecified atom stereocenters. The second-order valence-corrected chi connectivity index (χ2v) is 7.80. The van der Waals surface area contributed by atoms with Crippen LogP contribution in [0.25, 0.3) is 0 Å². The summed E-state index contributed by atoms with van der Waals surface area (Å²) in [6.07, 6.45) is 9.23. The lowest BCUT2D eigenvalue weighted by atomic mass is 9.64. The van der Waals surface area contributed by atoms with E-state index in [9.17, 15) is 0 Å². The van der Waals surface area contributed by atoms with Crippen molar-refractivity contribution in [3.63, 3.8) is 0 Å². The molecule has 1 saturated carbocycles. The highest BCUT2D eigenvalue weighted by molar-refractivity contribution is 5.40. The van der Waals surface area contributed by atoms with Crippen molar-refractivity contribution in [2.75, 3.05) is 25.0 Å². The van der Waals surface area contributed by atoms with Crippen molar-refractivity contribution in [2.24, 2.45) is 5.41 Å². The monoisotopic (exact) mass is 338 g/mol. The second-order valence-electron chi connectivity index (χ2n) is 7.80. The van der Waals surface area contributed by atoms with Crippen LogP contribution in [0.3, 0.4) is 0 Å². The largest absolute Gasteiger partial charge is 0.357 e. The van der Waals surface area contributed by atoms with Crippen molar-refractivity contribution in [1.29, 1.82) is 0 Å². The summed E-state index contributed by atoms with van der Waals surface area (Å²) in [4.78, 5) is 22.3. The van der Waals surface area contributed by atoms with E-state index in [1.165, 1.54) is 32.4 Å². The van der Waals surface area contributed by atoms with Crippen molar-refractivity contribution in [3.8, 4) is 0 Å². The van der Waals surface area contributed by atoms with E-state index in [1.807, 2.05) is 26.2 Å². The van der Waals surface area contributed by atoms with Crippen LogP contribution in [0.15, 0.2) is 24.8 Å². The van der Waals surface area contributed by atoms with Crippen LogP contribution in [-0.2, 0) is 6.54 Å². The molecule has 1 aliphatic heterocycles. The average molecular weight is 338 g/mol. The molecule has 1 spiro atoms. The maximum absolute atomic E-state index is 4.50. The number of aryl methyl sites for hydroxylation is 2. The van der Waals surface area contributed by atoms with E-state index in [-0.39, 0.29) is 0 Å². The molecule has 0 N–H and O–H groups in total. The molecule has 6 heteroatoms. The van der Waals surface area contributed by atoms with E-state index in [1.54, 1.807) is 6.33 Å². The van der Waals surface area contributed by atoms with Gasteiger partial charge in [0.25, 0.3) is 0 Å². The molecule has 3 heterocycles. The Balaban J connectivity index is 1.33. The van der Waals surface area contributed by atoms with Gasteiger partial charge in [0.05, 0.1) is 11.4 Å². The van der Waals surface area contributed by atoms with Gasteiger partial charge in [-0.2, -0.15) is 0 Å². The van der Waals surface area contributed by atoms with E-state index in [2.05, 4.69) is 42.8 Å². The Labute approximate surface area is 149 Å². The lowest BCUT2D eigenvalue weighted by Crippen LogP contribution is -2.51. The lowest BCUT2D eigenvalue weighted by molar-refractivity contribution is 0.106. The molecule has 2 aliphatic rings. The van der Waals surface area contributed by atoms with Gasteiger partial charge < -0.3 is 4.90 Å². The molecule has 0 amide bonds. The van der Waals surface area contributed by atoms with Gasteiger partial charge in [0.1, 0.15) is 12.1 Å². The smallest absolute Gasteiger partial charge is 0.132 e. The van der Waals surface area contributed by atoms with E-state index >= 15 is 0 Å². The van der Waals surface area contributed by atoms with Gasteiger partial charge in [-0.1, -0.05) is 0 Å². The fourth-order valence-corrected chi connectivity index (χ4v) is 4.26. The molecule has 0 radical (unpaired) electrons. The van der Waals surface area contributed by atoms with Gasteiger partial charge in [0, 0.05) is 50.3 Å². The quantitative estimate of drug-likeness (QED) is 0.853. The van der Waals surface area contributed by atoms with Crippen LogP contribution in [0.1, 0.15) is 36.3 Å². The first kappa shape index (κ1) is 16.4. The fraction of sp³-hybridized carbons (Fsp3) is 0.579. The molecule has 132 valence electrons.